The van der Waals surface area contributed by atoms with E-state index in [0.29, 0.717) is 6.54 Å². The average Bonchev–Trinajstić information content (AvgIpc) is 2.19. The van der Waals surface area contributed by atoms with E-state index in [1.54, 1.807) is 11.8 Å². The number of amides is 1. The van der Waals surface area contributed by atoms with Crippen LogP contribution in [0.1, 0.15) is 13.8 Å². The summed E-state index contributed by atoms with van der Waals surface area (Å²) in [6.07, 6.45) is 0. The van der Waals surface area contributed by atoms with Crippen LogP contribution in [0.4, 0.5) is 0 Å². The summed E-state index contributed by atoms with van der Waals surface area (Å²) in [6, 6.07) is 9.96. The molecule has 0 radical (unpaired) electrons. The molecule has 0 heterocycles. The number of hydrogen-bond donors (Lipinski definition) is 1. The zero-order chi connectivity index (χ0) is 10.4. The van der Waals surface area contributed by atoms with Crippen molar-refractivity contribution < 1.29 is 4.79 Å². The SMILES string of the molecule is CCNC(=O)C(C)Sc1ccccc1. The summed E-state index contributed by atoms with van der Waals surface area (Å²) in [5.41, 5.74) is 0. The van der Waals surface area contributed by atoms with Crippen molar-refractivity contribution in [3.8, 4) is 0 Å². The maximum Gasteiger partial charge on any atom is 0.233 e. The standard InChI is InChI=1S/C11H15NOS/c1-3-12-11(13)9(2)14-10-7-5-4-6-8-10/h4-9H,3H2,1-2H3,(H,12,13). The van der Waals surface area contributed by atoms with Crippen molar-refractivity contribution in [2.45, 2.75) is 24.0 Å². The second-order valence-corrected chi connectivity index (χ2v) is 4.38. The van der Waals surface area contributed by atoms with Crippen molar-refractivity contribution in [2.24, 2.45) is 0 Å². The summed E-state index contributed by atoms with van der Waals surface area (Å²) in [6.45, 7) is 4.54. The van der Waals surface area contributed by atoms with Gasteiger partial charge in [-0.3, -0.25) is 4.79 Å². The summed E-state index contributed by atoms with van der Waals surface area (Å²) >= 11 is 1.58. The Morgan fingerprint density at radius 1 is 1.43 bits per heavy atom. The van der Waals surface area contributed by atoms with E-state index in [4.69, 9.17) is 0 Å². The summed E-state index contributed by atoms with van der Waals surface area (Å²) in [4.78, 5) is 12.5. The first-order valence-electron chi connectivity index (χ1n) is 4.73. The third-order valence-corrected chi connectivity index (χ3v) is 2.89. The average molecular weight is 209 g/mol. The third kappa shape index (κ3) is 3.42. The van der Waals surface area contributed by atoms with Crippen LogP contribution in [0.25, 0.3) is 0 Å². The van der Waals surface area contributed by atoms with Gasteiger partial charge in [0.15, 0.2) is 0 Å². The molecular weight excluding hydrogens is 194 g/mol. The van der Waals surface area contributed by atoms with Crippen LogP contribution in [0.5, 0.6) is 0 Å². The zero-order valence-corrected chi connectivity index (χ0v) is 9.30. The Morgan fingerprint density at radius 2 is 2.07 bits per heavy atom. The molecule has 1 amide bonds. The summed E-state index contributed by atoms with van der Waals surface area (Å²) in [7, 11) is 0. The topological polar surface area (TPSA) is 29.1 Å². The Hall–Kier alpha value is -0.960. The molecule has 0 fully saturated rings. The van der Waals surface area contributed by atoms with Crippen LogP contribution in [0.2, 0.25) is 0 Å². The molecule has 1 rings (SSSR count). The van der Waals surface area contributed by atoms with Gasteiger partial charge in [0.2, 0.25) is 5.91 Å². The lowest BCUT2D eigenvalue weighted by Gasteiger charge is -2.10. The Balaban J connectivity index is 2.49. The molecule has 14 heavy (non-hydrogen) atoms. The van der Waals surface area contributed by atoms with Gasteiger partial charge in [0.1, 0.15) is 0 Å². The van der Waals surface area contributed by atoms with E-state index in [0.717, 1.165) is 4.90 Å². The molecule has 3 heteroatoms. The van der Waals surface area contributed by atoms with E-state index in [1.165, 1.54) is 0 Å². The molecule has 1 aromatic rings. The second-order valence-electron chi connectivity index (χ2n) is 2.97. The van der Waals surface area contributed by atoms with Crippen molar-refractivity contribution >= 4 is 17.7 Å². The highest BCUT2D eigenvalue weighted by molar-refractivity contribution is 8.00. The van der Waals surface area contributed by atoms with Crippen molar-refractivity contribution in [3.05, 3.63) is 30.3 Å². The van der Waals surface area contributed by atoms with E-state index in [9.17, 15) is 4.79 Å². The number of rotatable bonds is 4. The molecule has 0 aromatic heterocycles. The highest BCUT2D eigenvalue weighted by Gasteiger charge is 2.12. The molecule has 0 aliphatic carbocycles. The minimum atomic E-state index is -0.0302. The number of carbonyl (C=O) groups is 1. The maximum absolute atomic E-state index is 11.4. The van der Waals surface area contributed by atoms with Crippen LogP contribution >= 0.6 is 11.8 Å². The van der Waals surface area contributed by atoms with Gasteiger partial charge in [-0.05, 0) is 26.0 Å². The van der Waals surface area contributed by atoms with E-state index < -0.39 is 0 Å². The van der Waals surface area contributed by atoms with E-state index in [-0.39, 0.29) is 11.2 Å². The van der Waals surface area contributed by atoms with Crippen LogP contribution in [-0.2, 0) is 4.79 Å². The molecule has 1 aromatic carbocycles. The largest absolute Gasteiger partial charge is 0.355 e. The van der Waals surface area contributed by atoms with Gasteiger partial charge in [0, 0.05) is 11.4 Å². The molecule has 1 unspecified atom stereocenters. The van der Waals surface area contributed by atoms with Crippen LogP contribution in [0, 0.1) is 0 Å². The minimum absolute atomic E-state index is 0.0302. The molecule has 0 saturated heterocycles. The van der Waals surface area contributed by atoms with Crippen LogP contribution < -0.4 is 5.32 Å². The van der Waals surface area contributed by atoms with Crippen LogP contribution in [0.3, 0.4) is 0 Å². The lowest BCUT2D eigenvalue weighted by molar-refractivity contribution is -0.120. The second kappa shape index (κ2) is 5.70. The van der Waals surface area contributed by atoms with E-state index in [2.05, 4.69) is 5.32 Å². The smallest absolute Gasteiger partial charge is 0.233 e. The summed E-state index contributed by atoms with van der Waals surface area (Å²) < 4.78 is 0. The van der Waals surface area contributed by atoms with Crippen molar-refractivity contribution in [1.82, 2.24) is 5.32 Å². The maximum atomic E-state index is 11.4. The monoisotopic (exact) mass is 209 g/mol. The third-order valence-electron chi connectivity index (χ3n) is 1.78. The predicted octanol–water partition coefficient (Wildman–Crippen LogP) is 2.30. The van der Waals surface area contributed by atoms with E-state index in [1.807, 2.05) is 44.2 Å². The minimum Gasteiger partial charge on any atom is -0.355 e. The van der Waals surface area contributed by atoms with Gasteiger partial charge in [0.05, 0.1) is 5.25 Å². The van der Waals surface area contributed by atoms with Gasteiger partial charge < -0.3 is 5.32 Å². The van der Waals surface area contributed by atoms with Crippen LogP contribution in [0.15, 0.2) is 35.2 Å². The van der Waals surface area contributed by atoms with Gasteiger partial charge >= 0.3 is 0 Å². The van der Waals surface area contributed by atoms with Crippen molar-refractivity contribution in [2.75, 3.05) is 6.54 Å². The first kappa shape index (κ1) is 11.1. The molecule has 0 bridgehead atoms. The first-order chi connectivity index (χ1) is 6.74. The molecular formula is C11H15NOS. The van der Waals surface area contributed by atoms with Crippen molar-refractivity contribution in [1.29, 1.82) is 0 Å². The molecule has 0 aliphatic rings. The molecule has 1 atom stereocenters. The Morgan fingerprint density at radius 3 is 2.64 bits per heavy atom. The van der Waals surface area contributed by atoms with Gasteiger partial charge in [-0.15, -0.1) is 11.8 Å². The number of hydrogen-bond acceptors (Lipinski definition) is 2. The lowest BCUT2D eigenvalue weighted by atomic mass is 10.4. The highest BCUT2D eigenvalue weighted by atomic mass is 32.2. The van der Waals surface area contributed by atoms with Crippen molar-refractivity contribution in [3.63, 3.8) is 0 Å². The molecule has 0 saturated carbocycles. The predicted molar refractivity (Wildman–Crippen MR) is 60.4 cm³/mol. The number of nitrogens with one attached hydrogen (secondary N) is 1. The fraction of sp³-hybridized carbons (Fsp3) is 0.364. The fourth-order valence-corrected chi connectivity index (χ4v) is 1.99. The molecule has 1 N–H and O–H groups in total. The van der Waals surface area contributed by atoms with Gasteiger partial charge in [-0.2, -0.15) is 0 Å². The normalized spacial score (nSPS) is 12.1. The molecule has 2 nitrogen and oxygen atoms in total. The fourth-order valence-electron chi connectivity index (χ4n) is 1.07. The quantitative estimate of drug-likeness (QED) is 0.771. The summed E-state index contributed by atoms with van der Waals surface area (Å²) in [5, 5.41) is 2.78. The molecule has 76 valence electrons. The van der Waals surface area contributed by atoms with Gasteiger partial charge in [0.25, 0.3) is 0 Å². The Kier molecular flexibility index (Phi) is 4.53. The van der Waals surface area contributed by atoms with Crippen LogP contribution in [-0.4, -0.2) is 17.7 Å². The lowest BCUT2D eigenvalue weighted by Crippen LogP contribution is -2.30. The Bertz CT molecular complexity index is 287. The number of carbonyl (C=O) groups excluding carboxylic acids is 1. The number of benzene rings is 1. The zero-order valence-electron chi connectivity index (χ0n) is 8.49. The number of thioether (sulfide) groups is 1. The highest BCUT2D eigenvalue weighted by Crippen LogP contribution is 2.22. The molecule has 0 spiro atoms. The first-order valence-corrected chi connectivity index (χ1v) is 5.61. The van der Waals surface area contributed by atoms with Gasteiger partial charge in [-0.25, -0.2) is 0 Å². The van der Waals surface area contributed by atoms with E-state index >= 15 is 0 Å². The summed E-state index contributed by atoms with van der Waals surface area (Å²) in [5.74, 6) is 0.0985. The van der Waals surface area contributed by atoms with Gasteiger partial charge in [-0.1, -0.05) is 18.2 Å². The Labute approximate surface area is 89.1 Å². The molecule has 0 aliphatic heterocycles.